The van der Waals surface area contributed by atoms with Gasteiger partial charge < -0.3 is 10.2 Å². The van der Waals surface area contributed by atoms with Crippen LogP contribution in [0, 0.1) is 5.41 Å². The van der Waals surface area contributed by atoms with Crippen LogP contribution in [0.5, 0.6) is 0 Å². The Hall–Kier alpha value is -1.32. The highest BCUT2D eigenvalue weighted by molar-refractivity contribution is 5.44. The highest BCUT2D eigenvalue weighted by Crippen LogP contribution is 2.37. The lowest BCUT2D eigenvalue weighted by atomic mass is 9.75. The van der Waals surface area contributed by atoms with Crippen LogP contribution in [0.1, 0.15) is 46.5 Å². The third kappa shape index (κ3) is 3.58. The second-order valence-electron chi connectivity index (χ2n) is 6.30. The summed E-state index contributed by atoms with van der Waals surface area (Å²) in [5.74, 6) is 1.84. The lowest BCUT2D eigenvalue weighted by Gasteiger charge is -2.39. The van der Waals surface area contributed by atoms with Crippen LogP contribution in [-0.2, 0) is 0 Å². The molecule has 1 aliphatic carbocycles. The number of anilines is 2. The lowest BCUT2D eigenvalue weighted by Crippen LogP contribution is -2.37. The minimum atomic E-state index is 0.509. The molecule has 0 amide bonds. The molecular weight excluding hydrogens is 236 g/mol. The van der Waals surface area contributed by atoms with Gasteiger partial charge >= 0.3 is 0 Å². The summed E-state index contributed by atoms with van der Waals surface area (Å²) in [5.41, 5.74) is 0.509. The van der Waals surface area contributed by atoms with Crippen molar-refractivity contribution in [1.29, 1.82) is 0 Å². The Kier molecular flexibility index (Phi) is 4.27. The number of nitrogens with zero attached hydrogens (tertiary/aromatic N) is 3. The molecule has 4 heteroatoms. The normalized spacial score (nSPS) is 19.2. The van der Waals surface area contributed by atoms with E-state index in [0.717, 1.165) is 18.2 Å². The highest BCUT2D eigenvalue weighted by Gasteiger charge is 2.29. The van der Waals surface area contributed by atoms with E-state index in [0.29, 0.717) is 11.5 Å². The van der Waals surface area contributed by atoms with Crippen LogP contribution in [0.15, 0.2) is 12.4 Å². The molecule has 0 atom stereocenters. The molecule has 0 aromatic carbocycles. The van der Waals surface area contributed by atoms with E-state index in [4.69, 9.17) is 0 Å². The molecule has 4 nitrogen and oxygen atoms in total. The van der Waals surface area contributed by atoms with Crippen LogP contribution >= 0.6 is 0 Å². The van der Waals surface area contributed by atoms with Gasteiger partial charge in [-0.1, -0.05) is 13.8 Å². The van der Waals surface area contributed by atoms with Crippen LogP contribution < -0.4 is 10.2 Å². The fraction of sp³-hybridized carbons (Fsp3) is 0.733. The lowest BCUT2D eigenvalue weighted by molar-refractivity contribution is 0.222. The minimum Gasteiger partial charge on any atom is -0.369 e. The first-order valence-electron chi connectivity index (χ1n) is 7.30. The average molecular weight is 262 g/mol. The predicted octanol–water partition coefficient (Wildman–Crippen LogP) is 3.31. The van der Waals surface area contributed by atoms with Gasteiger partial charge in [0.15, 0.2) is 0 Å². The van der Waals surface area contributed by atoms with Gasteiger partial charge in [-0.3, -0.25) is 4.98 Å². The van der Waals surface area contributed by atoms with Gasteiger partial charge in [-0.15, -0.1) is 0 Å². The molecular formula is C15H26N4. The molecule has 0 saturated heterocycles. The maximum Gasteiger partial charge on any atom is 0.149 e. The smallest absolute Gasteiger partial charge is 0.149 e. The molecule has 0 unspecified atom stereocenters. The topological polar surface area (TPSA) is 41.1 Å². The first-order valence-corrected chi connectivity index (χ1v) is 7.30. The zero-order valence-corrected chi connectivity index (χ0v) is 12.6. The Bertz CT molecular complexity index is 406. The van der Waals surface area contributed by atoms with E-state index in [1.165, 1.54) is 25.7 Å². The Morgan fingerprint density at radius 2 is 2.00 bits per heavy atom. The third-order valence-corrected chi connectivity index (χ3v) is 4.20. The largest absolute Gasteiger partial charge is 0.369 e. The van der Waals surface area contributed by atoms with Crippen LogP contribution in [0.2, 0.25) is 0 Å². The van der Waals surface area contributed by atoms with Crippen LogP contribution in [0.25, 0.3) is 0 Å². The van der Waals surface area contributed by atoms with Gasteiger partial charge in [-0.2, -0.15) is 0 Å². The quantitative estimate of drug-likeness (QED) is 0.904. The molecule has 1 saturated carbocycles. The van der Waals surface area contributed by atoms with Crippen LogP contribution in [0.3, 0.4) is 0 Å². The molecule has 0 spiro atoms. The molecule has 106 valence electrons. The summed E-state index contributed by atoms with van der Waals surface area (Å²) in [7, 11) is 2.14. The second-order valence-corrected chi connectivity index (χ2v) is 6.30. The molecule has 2 rings (SSSR count). The Morgan fingerprint density at radius 3 is 2.63 bits per heavy atom. The number of aromatic nitrogens is 2. The summed E-state index contributed by atoms with van der Waals surface area (Å²) < 4.78 is 0. The van der Waals surface area contributed by atoms with Crippen molar-refractivity contribution in [3.63, 3.8) is 0 Å². The van der Waals surface area contributed by atoms with E-state index in [-0.39, 0.29) is 0 Å². The number of rotatable bonds is 4. The maximum absolute atomic E-state index is 4.63. The number of hydrogen-bond acceptors (Lipinski definition) is 4. The van der Waals surface area contributed by atoms with E-state index in [1.807, 2.05) is 6.20 Å². The van der Waals surface area contributed by atoms with Crippen molar-refractivity contribution in [2.75, 3.05) is 23.8 Å². The van der Waals surface area contributed by atoms with Crippen molar-refractivity contribution < 1.29 is 0 Å². The van der Waals surface area contributed by atoms with Gasteiger partial charge in [0.2, 0.25) is 0 Å². The minimum absolute atomic E-state index is 0.509. The van der Waals surface area contributed by atoms with E-state index in [1.54, 1.807) is 6.20 Å². The first kappa shape index (κ1) is 14.1. The first-order chi connectivity index (χ1) is 9.02. The molecule has 1 heterocycles. The molecule has 1 N–H and O–H groups in total. The number of nitrogens with one attached hydrogen (secondary N) is 1. The van der Waals surface area contributed by atoms with Crippen molar-refractivity contribution in [1.82, 2.24) is 9.97 Å². The van der Waals surface area contributed by atoms with Gasteiger partial charge in [0.05, 0.1) is 12.4 Å². The molecule has 19 heavy (non-hydrogen) atoms. The van der Waals surface area contributed by atoms with Crippen molar-refractivity contribution in [2.45, 2.75) is 52.5 Å². The predicted molar refractivity (Wildman–Crippen MR) is 80.6 cm³/mol. The third-order valence-electron chi connectivity index (χ3n) is 4.20. The summed E-state index contributed by atoms with van der Waals surface area (Å²) in [5, 5.41) is 3.22. The van der Waals surface area contributed by atoms with Gasteiger partial charge in [0, 0.05) is 19.6 Å². The molecule has 0 radical (unpaired) electrons. The molecule has 1 fully saturated rings. The van der Waals surface area contributed by atoms with Gasteiger partial charge in [-0.05, 0) is 38.0 Å². The van der Waals surface area contributed by atoms with Gasteiger partial charge in [0.25, 0.3) is 0 Å². The van der Waals surface area contributed by atoms with E-state index in [9.17, 15) is 0 Å². The fourth-order valence-corrected chi connectivity index (χ4v) is 2.75. The van der Waals surface area contributed by atoms with Crippen molar-refractivity contribution >= 4 is 11.6 Å². The zero-order valence-electron chi connectivity index (χ0n) is 12.6. The summed E-state index contributed by atoms with van der Waals surface area (Å²) in [6.07, 6.45) is 8.73. The van der Waals surface area contributed by atoms with Crippen LogP contribution in [0.4, 0.5) is 11.6 Å². The van der Waals surface area contributed by atoms with Crippen LogP contribution in [-0.4, -0.2) is 29.6 Å². The summed E-state index contributed by atoms with van der Waals surface area (Å²) in [6.45, 7) is 7.68. The Balaban J connectivity index is 2.03. The molecule has 0 bridgehead atoms. The number of hydrogen-bond donors (Lipinski definition) is 1. The summed E-state index contributed by atoms with van der Waals surface area (Å²) in [4.78, 5) is 11.2. The SMILES string of the molecule is CCNc1cncc(N(C)C2CCC(C)(C)CC2)n1. The zero-order chi connectivity index (χ0) is 13.9. The van der Waals surface area contributed by atoms with Crippen molar-refractivity contribution in [2.24, 2.45) is 5.41 Å². The van der Waals surface area contributed by atoms with E-state index in [2.05, 4.69) is 48.0 Å². The Morgan fingerprint density at radius 1 is 1.32 bits per heavy atom. The van der Waals surface area contributed by atoms with Crippen molar-refractivity contribution in [3.8, 4) is 0 Å². The van der Waals surface area contributed by atoms with Gasteiger partial charge in [0.1, 0.15) is 11.6 Å². The monoisotopic (exact) mass is 262 g/mol. The second kappa shape index (κ2) is 5.76. The molecule has 0 aliphatic heterocycles. The summed E-state index contributed by atoms with van der Waals surface area (Å²) in [6, 6.07) is 0.596. The average Bonchev–Trinajstić information content (AvgIpc) is 2.39. The molecule has 1 aromatic rings. The summed E-state index contributed by atoms with van der Waals surface area (Å²) >= 11 is 0. The van der Waals surface area contributed by atoms with Crippen molar-refractivity contribution in [3.05, 3.63) is 12.4 Å². The van der Waals surface area contributed by atoms with E-state index < -0.39 is 0 Å². The van der Waals surface area contributed by atoms with Gasteiger partial charge in [-0.25, -0.2) is 4.98 Å². The standard InChI is InChI=1S/C15H26N4/c1-5-17-13-10-16-11-14(18-13)19(4)12-6-8-15(2,3)9-7-12/h10-12H,5-9H2,1-4H3,(H,17,18). The molecule has 1 aromatic heterocycles. The Labute approximate surface area is 116 Å². The fourth-order valence-electron chi connectivity index (χ4n) is 2.75. The highest BCUT2D eigenvalue weighted by atomic mass is 15.2. The maximum atomic E-state index is 4.63. The molecule has 1 aliphatic rings. The van der Waals surface area contributed by atoms with E-state index >= 15 is 0 Å².